The van der Waals surface area contributed by atoms with E-state index < -0.39 is 17.1 Å². The molecule has 2 aromatic rings. The summed E-state index contributed by atoms with van der Waals surface area (Å²) in [6.07, 6.45) is 5.97. The van der Waals surface area contributed by atoms with Crippen LogP contribution in [-0.4, -0.2) is 32.4 Å². The third-order valence-electron chi connectivity index (χ3n) is 3.45. The molecule has 3 heterocycles. The Morgan fingerprint density at radius 3 is 2.75 bits per heavy atom. The van der Waals surface area contributed by atoms with Gasteiger partial charge in [0.1, 0.15) is 0 Å². The zero-order chi connectivity index (χ0) is 14.1. The molecule has 1 aliphatic rings. The first-order chi connectivity index (χ1) is 9.65. The summed E-state index contributed by atoms with van der Waals surface area (Å²) in [5.74, 6) is -1.00. The molecular formula is C12H14FN5O2. The molecule has 1 fully saturated rings. The highest BCUT2D eigenvalue weighted by Gasteiger charge is 2.16. The molecule has 0 bridgehead atoms. The van der Waals surface area contributed by atoms with Crippen LogP contribution in [0.4, 0.5) is 4.39 Å². The minimum absolute atomic E-state index is 0.272. The number of nitrogens with zero attached hydrogens (tertiary/aromatic N) is 3. The molecule has 1 saturated heterocycles. The molecule has 0 radical (unpaired) electrons. The average Bonchev–Trinajstić information content (AvgIpc) is 2.93. The molecule has 0 spiro atoms. The van der Waals surface area contributed by atoms with E-state index >= 15 is 0 Å². The van der Waals surface area contributed by atoms with Crippen molar-refractivity contribution < 1.29 is 4.39 Å². The Balaban J connectivity index is 1.95. The smallest absolute Gasteiger partial charge is 0.317 e. The van der Waals surface area contributed by atoms with Gasteiger partial charge >= 0.3 is 5.69 Å². The van der Waals surface area contributed by atoms with E-state index in [1.54, 1.807) is 10.9 Å². The molecule has 2 aromatic heterocycles. The Hall–Kier alpha value is -2.22. The van der Waals surface area contributed by atoms with Crippen molar-refractivity contribution in [3.05, 3.63) is 45.2 Å². The lowest BCUT2D eigenvalue weighted by molar-refractivity contribution is 0.343. The zero-order valence-corrected chi connectivity index (χ0v) is 10.7. The minimum Gasteiger partial charge on any atom is -0.317 e. The monoisotopic (exact) mass is 279 g/mol. The van der Waals surface area contributed by atoms with E-state index in [0.29, 0.717) is 5.69 Å². The predicted octanol–water partition coefficient (Wildman–Crippen LogP) is -0.214. The molecule has 0 atom stereocenters. The van der Waals surface area contributed by atoms with E-state index in [4.69, 9.17) is 0 Å². The van der Waals surface area contributed by atoms with Crippen molar-refractivity contribution >= 4 is 0 Å². The summed E-state index contributed by atoms with van der Waals surface area (Å²) in [5, 5.41) is 7.48. The van der Waals surface area contributed by atoms with Gasteiger partial charge in [-0.2, -0.15) is 9.49 Å². The molecule has 20 heavy (non-hydrogen) atoms. The molecule has 0 unspecified atom stereocenters. The van der Waals surface area contributed by atoms with E-state index in [9.17, 15) is 14.0 Å². The van der Waals surface area contributed by atoms with Crippen LogP contribution in [0.3, 0.4) is 0 Å². The van der Waals surface area contributed by atoms with Crippen molar-refractivity contribution in [1.29, 1.82) is 0 Å². The summed E-state index contributed by atoms with van der Waals surface area (Å²) in [7, 11) is 0. The normalized spacial score (nSPS) is 16.4. The van der Waals surface area contributed by atoms with Crippen LogP contribution in [-0.2, 0) is 0 Å². The van der Waals surface area contributed by atoms with Crippen LogP contribution in [0.25, 0.3) is 5.69 Å². The fraction of sp³-hybridized carbons (Fsp3) is 0.417. The lowest BCUT2D eigenvalue weighted by atomic mass is 10.1. The van der Waals surface area contributed by atoms with Crippen molar-refractivity contribution in [2.24, 2.45) is 0 Å². The molecule has 0 aliphatic carbocycles. The van der Waals surface area contributed by atoms with Gasteiger partial charge in [0, 0.05) is 6.20 Å². The van der Waals surface area contributed by atoms with E-state index in [1.807, 2.05) is 4.98 Å². The SMILES string of the molecule is O=c1[nH]c(=O)n(-c2cnn(C3CCNCC3)c2)cc1F. The highest BCUT2D eigenvalue weighted by Crippen LogP contribution is 2.18. The number of aromatic amines is 1. The first kappa shape index (κ1) is 12.8. The third kappa shape index (κ3) is 2.29. The standard InChI is InChI=1S/C12H14FN5O2/c13-10-7-17(12(20)16-11(10)19)9-5-15-18(6-9)8-1-3-14-4-2-8/h5-8,14H,1-4H2,(H,16,19,20). The van der Waals surface area contributed by atoms with Crippen molar-refractivity contribution in [1.82, 2.24) is 24.6 Å². The fourth-order valence-corrected chi connectivity index (χ4v) is 2.36. The Morgan fingerprint density at radius 1 is 1.25 bits per heavy atom. The van der Waals surface area contributed by atoms with Crippen LogP contribution in [0.1, 0.15) is 18.9 Å². The second kappa shape index (κ2) is 5.04. The number of aromatic nitrogens is 4. The van der Waals surface area contributed by atoms with Gasteiger partial charge in [-0.3, -0.25) is 19.0 Å². The molecule has 1 aliphatic heterocycles. The maximum Gasteiger partial charge on any atom is 0.333 e. The molecule has 0 aromatic carbocycles. The van der Waals surface area contributed by atoms with Crippen LogP contribution in [0, 0.1) is 5.82 Å². The van der Waals surface area contributed by atoms with Gasteiger partial charge in [-0.15, -0.1) is 0 Å². The maximum atomic E-state index is 13.3. The van der Waals surface area contributed by atoms with Crippen LogP contribution < -0.4 is 16.6 Å². The fourth-order valence-electron chi connectivity index (χ4n) is 2.36. The summed E-state index contributed by atoms with van der Waals surface area (Å²) < 4.78 is 16.1. The highest BCUT2D eigenvalue weighted by molar-refractivity contribution is 5.25. The second-order valence-electron chi connectivity index (χ2n) is 4.77. The predicted molar refractivity (Wildman–Crippen MR) is 69.5 cm³/mol. The summed E-state index contributed by atoms with van der Waals surface area (Å²) >= 11 is 0. The molecule has 0 amide bonds. The summed E-state index contributed by atoms with van der Waals surface area (Å²) in [4.78, 5) is 24.6. The van der Waals surface area contributed by atoms with Crippen LogP contribution in [0.5, 0.6) is 0 Å². The molecule has 0 saturated carbocycles. The van der Waals surface area contributed by atoms with Crippen LogP contribution >= 0.6 is 0 Å². The lowest BCUT2D eigenvalue weighted by Gasteiger charge is -2.22. The van der Waals surface area contributed by atoms with E-state index in [2.05, 4.69) is 10.4 Å². The number of hydrogen-bond acceptors (Lipinski definition) is 4. The van der Waals surface area contributed by atoms with Crippen LogP contribution in [0.15, 0.2) is 28.2 Å². The van der Waals surface area contributed by atoms with Gasteiger partial charge in [-0.05, 0) is 25.9 Å². The average molecular weight is 279 g/mol. The van der Waals surface area contributed by atoms with Gasteiger partial charge < -0.3 is 5.32 Å². The van der Waals surface area contributed by atoms with Crippen LogP contribution in [0.2, 0.25) is 0 Å². The van der Waals surface area contributed by atoms with Gasteiger partial charge in [-0.25, -0.2) is 4.79 Å². The lowest BCUT2D eigenvalue weighted by Crippen LogP contribution is -2.30. The van der Waals surface area contributed by atoms with Gasteiger partial charge in [0.05, 0.1) is 24.1 Å². The first-order valence-corrected chi connectivity index (χ1v) is 6.42. The number of halogens is 1. The van der Waals surface area contributed by atoms with Crippen molar-refractivity contribution in [2.45, 2.75) is 18.9 Å². The minimum atomic E-state index is -1.02. The Morgan fingerprint density at radius 2 is 2.00 bits per heavy atom. The highest BCUT2D eigenvalue weighted by atomic mass is 19.1. The molecule has 3 rings (SSSR count). The first-order valence-electron chi connectivity index (χ1n) is 6.42. The molecule has 2 N–H and O–H groups in total. The molecule has 7 nitrogen and oxygen atoms in total. The second-order valence-corrected chi connectivity index (χ2v) is 4.77. The van der Waals surface area contributed by atoms with Crippen molar-refractivity contribution in [2.75, 3.05) is 13.1 Å². The summed E-state index contributed by atoms with van der Waals surface area (Å²) in [6, 6.07) is 0.272. The number of piperidine rings is 1. The number of nitrogens with one attached hydrogen (secondary N) is 2. The topological polar surface area (TPSA) is 84.7 Å². The molecule has 8 heteroatoms. The number of hydrogen-bond donors (Lipinski definition) is 2. The van der Waals surface area contributed by atoms with Gasteiger partial charge in [0.15, 0.2) is 0 Å². The maximum absolute atomic E-state index is 13.3. The van der Waals surface area contributed by atoms with Gasteiger partial charge in [0.25, 0.3) is 5.56 Å². The van der Waals surface area contributed by atoms with E-state index in [-0.39, 0.29) is 6.04 Å². The van der Waals surface area contributed by atoms with Crippen molar-refractivity contribution in [3.63, 3.8) is 0 Å². The van der Waals surface area contributed by atoms with E-state index in [1.165, 1.54) is 6.20 Å². The zero-order valence-electron chi connectivity index (χ0n) is 10.7. The summed E-state index contributed by atoms with van der Waals surface area (Å²) in [6.45, 7) is 1.85. The molecule has 106 valence electrons. The van der Waals surface area contributed by atoms with Gasteiger partial charge in [-0.1, -0.05) is 0 Å². The van der Waals surface area contributed by atoms with Crippen molar-refractivity contribution in [3.8, 4) is 5.69 Å². The number of rotatable bonds is 2. The van der Waals surface area contributed by atoms with E-state index in [0.717, 1.165) is 36.7 Å². The Kier molecular flexibility index (Phi) is 3.23. The Labute approximate surface area is 113 Å². The molecular weight excluding hydrogens is 265 g/mol. The third-order valence-corrected chi connectivity index (χ3v) is 3.45. The quantitative estimate of drug-likeness (QED) is 0.796. The van der Waals surface area contributed by atoms with Gasteiger partial charge in [0.2, 0.25) is 5.82 Å². The summed E-state index contributed by atoms with van der Waals surface area (Å²) in [5.41, 5.74) is -1.26. The number of H-pyrrole nitrogens is 1. The Bertz CT molecular complexity index is 726. The largest absolute Gasteiger partial charge is 0.333 e.